The predicted molar refractivity (Wildman–Crippen MR) is 85.5 cm³/mol. The Kier molecular flexibility index (Phi) is 4.14. The Balaban J connectivity index is 1.74. The van der Waals surface area contributed by atoms with Crippen molar-refractivity contribution < 1.29 is 13.6 Å². The zero-order valence-corrected chi connectivity index (χ0v) is 12.6. The SMILES string of the molecule is C[C@@H]1CNC(=O)N1c1cccc(NCc2cc(F)cc(F)c2)c1. The number of amides is 2. The number of benzene rings is 2. The minimum absolute atomic E-state index is 0.0788. The van der Waals surface area contributed by atoms with Gasteiger partial charge >= 0.3 is 6.03 Å². The molecular formula is C17H17F2N3O. The standard InChI is InChI=1S/C17H17F2N3O/c1-11-9-21-17(23)22(11)16-4-2-3-15(8-16)20-10-12-5-13(18)7-14(19)6-12/h2-8,11,20H,9-10H2,1H3,(H,21,23)/t11-/m1/s1. The smallest absolute Gasteiger partial charge is 0.322 e. The molecule has 0 saturated carbocycles. The number of carbonyl (C=O) groups is 1. The fourth-order valence-electron chi connectivity index (χ4n) is 2.67. The van der Waals surface area contributed by atoms with E-state index in [1.165, 1.54) is 12.1 Å². The molecule has 6 heteroatoms. The molecule has 2 aromatic carbocycles. The Morgan fingerprint density at radius 1 is 1.22 bits per heavy atom. The Labute approximate surface area is 133 Å². The van der Waals surface area contributed by atoms with Gasteiger partial charge < -0.3 is 10.6 Å². The van der Waals surface area contributed by atoms with Crippen LogP contribution in [0.15, 0.2) is 42.5 Å². The molecule has 2 N–H and O–H groups in total. The summed E-state index contributed by atoms with van der Waals surface area (Å²) in [6, 6.07) is 10.8. The van der Waals surface area contributed by atoms with Crippen molar-refractivity contribution >= 4 is 17.4 Å². The normalized spacial score (nSPS) is 17.3. The monoisotopic (exact) mass is 317 g/mol. The lowest BCUT2D eigenvalue weighted by atomic mass is 10.2. The summed E-state index contributed by atoms with van der Waals surface area (Å²) in [6.45, 7) is 2.87. The van der Waals surface area contributed by atoms with E-state index in [9.17, 15) is 13.6 Å². The highest BCUT2D eigenvalue weighted by Gasteiger charge is 2.28. The molecule has 0 radical (unpaired) electrons. The van der Waals surface area contributed by atoms with Crippen LogP contribution in [0.2, 0.25) is 0 Å². The zero-order chi connectivity index (χ0) is 16.4. The van der Waals surface area contributed by atoms with Gasteiger partial charge in [0, 0.05) is 30.5 Å². The number of hydrogen-bond donors (Lipinski definition) is 2. The lowest BCUT2D eigenvalue weighted by molar-refractivity contribution is 0.252. The van der Waals surface area contributed by atoms with Crippen LogP contribution >= 0.6 is 0 Å². The molecule has 120 valence electrons. The van der Waals surface area contributed by atoms with Crippen molar-refractivity contribution in [1.82, 2.24) is 5.32 Å². The van der Waals surface area contributed by atoms with Gasteiger partial charge in [-0.15, -0.1) is 0 Å². The van der Waals surface area contributed by atoms with Crippen molar-refractivity contribution in [2.24, 2.45) is 0 Å². The molecule has 2 amide bonds. The second-order valence-corrected chi connectivity index (χ2v) is 5.59. The van der Waals surface area contributed by atoms with Crippen molar-refractivity contribution in [2.45, 2.75) is 19.5 Å². The molecule has 1 fully saturated rings. The summed E-state index contributed by atoms with van der Waals surface area (Å²) < 4.78 is 26.4. The minimum atomic E-state index is -0.599. The van der Waals surface area contributed by atoms with Crippen molar-refractivity contribution in [1.29, 1.82) is 0 Å². The molecular weight excluding hydrogens is 300 g/mol. The van der Waals surface area contributed by atoms with E-state index in [1.807, 2.05) is 31.2 Å². The van der Waals surface area contributed by atoms with Crippen LogP contribution in [0, 0.1) is 11.6 Å². The van der Waals surface area contributed by atoms with E-state index in [-0.39, 0.29) is 12.1 Å². The Morgan fingerprint density at radius 3 is 2.61 bits per heavy atom. The lowest BCUT2D eigenvalue weighted by Gasteiger charge is -2.20. The maximum atomic E-state index is 13.2. The van der Waals surface area contributed by atoms with Gasteiger partial charge in [-0.05, 0) is 42.8 Å². The van der Waals surface area contributed by atoms with Crippen molar-refractivity contribution in [3.05, 3.63) is 59.7 Å². The molecule has 4 nitrogen and oxygen atoms in total. The van der Waals surface area contributed by atoms with Crippen LogP contribution in [-0.4, -0.2) is 18.6 Å². The van der Waals surface area contributed by atoms with E-state index in [2.05, 4.69) is 10.6 Å². The number of urea groups is 1. The summed E-state index contributed by atoms with van der Waals surface area (Å²) in [4.78, 5) is 13.5. The molecule has 0 aliphatic carbocycles. The van der Waals surface area contributed by atoms with E-state index in [0.29, 0.717) is 18.7 Å². The van der Waals surface area contributed by atoms with Crippen LogP contribution in [0.1, 0.15) is 12.5 Å². The molecule has 1 heterocycles. The first kappa shape index (κ1) is 15.3. The first-order valence-corrected chi connectivity index (χ1v) is 7.39. The number of hydrogen-bond acceptors (Lipinski definition) is 2. The topological polar surface area (TPSA) is 44.4 Å². The van der Waals surface area contributed by atoms with Gasteiger partial charge in [0.05, 0.1) is 6.04 Å². The zero-order valence-electron chi connectivity index (χ0n) is 12.6. The second kappa shape index (κ2) is 6.24. The minimum Gasteiger partial charge on any atom is -0.381 e. The lowest BCUT2D eigenvalue weighted by Crippen LogP contribution is -2.32. The van der Waals surface area contributed by atoms with Gasteiger partial charge in [0.25, 0.3) is 0 Å². The average Bonchev–Trinajstić information content (AvgIpc) is 2.84. The highest BCUT2D eigenvalue weighted by atomic mass is 19.1. The third-order valence-corrected chi connectivity index (χ3v) is 3.75. The molecule has 1 aliphatic rings. The van der Waals surface area contributed by atoms with Crippen LogP contribution in [0.25, 0.3) is 0 Å². The Bertz CT molecular complexity index is 715. The van der Waals surface area contributed by atoms with Gasteiger partial charge in [-0.2, -0.15) is 0 Å². The number of halogens is 2. The number of carbonyl (C=O) groups excluding carboxylic acids is 1. The number of anilines is 2. The van der Waals surface area contributed by atoms with Gasteiger partial charge in [0.2, 0.25) is 0 Å². The maximum absolute atomic E-state index is 13.2. The van der Waals surface area contributed by atoms with Gasteiger partial charge in [0.1, 0.15) is 11.6 Å². The van der Waals surface area contributed by atoms with E-state index in [4.69, 9.17) is 0 Å². The first-order chi connectivity index (χ1) is 11.0. The van der Waals surface area contributed by atoms with E-state index in [1.54, 1.807) is 4.90 Å². The van der Waals surface area contributed by atoms with Gasteiger partial charge in [0.15, 0.2) is 0 Å². The van der Waals surface area contributed by atoms with Gasteiger partial charge in [-0.1, -0.05) is 6.07 Å². The predicted octanol–water partition coefficient (Wildman–Crippen LogP) is 3.50. The first-order valence-electron chi connectivity index (χ1n) is 7.39. The molecule has 1 atom stereocenters. The average molecular weight is 317 g/mol. The molecule has 1 aliphatic heterocycles. The molecule has 0 bridgehead atoms. The van der Waals surface area contributed by atoms with E-state index < -0.39 is 11.6 Å². The summed E-state index contributed by atoms with van der Waals surface area (Å²) in [5, 5.41) is 5.91. The Hall–Kier alpha value is -2.63. The van der Waals surface area contributed by atoms with E-state index in [0.717, 1.165) is 17.4 Å². The van der Waals surface area contributed by atoms with E-state index >= 15 is 0 Å². The van der Waals surface area contributed by atoms with Crippen LogP contribution < -0.4 is 15.5 Å². The summed E-state index contributed by atoms with van der Waals surface area (Å²) in [6.07, 6.45) is 0. The fraction of sp³-hybridized carbons (Fsp3) is 0.235. The molecule has 23 heavy (non-hydrogen) atoms. The summed E-state index contributed by atoms with van der Waals surface area (Å²) in [5.41, 5.74) is 2.07. The van der Waals surface area contributed by atoms with Crippen LogP contribution in [0.3, 0.4) is 0 Å². The third-order valence-electron chi connectivity index (χ3n) is 3.75. The number of rotatable bonds is 4. The summed E-state index contributed by atoms with van der Waals surface area (Å²) >= 11 is 0. The van der Waals surface area contributed by atoms with Crippen LogP contribution in [-0.2, 0) is 6.54 Å². The fourth-order valence-corrected chi connectivity index (χ4v) is 2.67. The largest absolute Gasteiger partial charge is 0.381 e. The van der Waals surface area contributed by atoms with Crippen molar-refractivity contribution in [3.8, 4) is 0 Å². The number of nitrogens with one attached hydrogen (secondary N) is 2. The third kappa shape index (κ3) is 3.41. The van der Waals surface area contributed by atoms with Crippen molar-refractivity contribution in [2.75, 3.05) is 16.8 Å². The highest BCUT2D eigenvalue weighted by molar-refractivity contribution is 5.95. The summed E-state index contributed by atoms with van der Waals surface area (Å²) in [7, 11) is 0. The maximum Gasteiger partial charge on any atom is 0.322 e. The molecule has 1 saturated heterocycles. The van der Waals surface area contributed by atoms with Crippen molar-refractivity contribution in [3.63, 3.8) is 0 Å². The summed E-state index contributed by atoms with van der Waals surface area (Å²) in [5.74, 6) is -1.20. The quantitative estimate of drug-likeness (QED) is 0.906. The highest BCUT2D eigenvalue weighted by Crippen LogP contribution is 2.24. The van der Waals surface area contributed by atoms with Gasteiger partial charge in [-0.3, -0.25) is 4.90 Å². The van der Waals surface area contributed by atoms with Crippen LogP contribution in [0.5, 0.6) is 0 Å². The molecule has 0 spiro atoms. The molecule has 3 rings (SSSR count). The Morgan fingerprint density at radius 2 is 1.96 bits per heavy atom. The molecule has 0 unspecified atom stereocenters. The van der Waals surface area contributed by atoms with Gasteiger partial charge in [-0.25, -0.2) is 13.6 Å². The van der Waals surface area contributed by atoms with Crippen LogP contribution in [0.4, 0.5) is 25.0 Å². The molecule has 2 aromatic rings. The second-order valence-electron chi connectivity index (χ2n) is 5.59. The molecule has 0 aromatic heterocycles. The number of nitrogens with zero attached hydrogens (tertiary/aromatic N) is 1.